The van der Waals surface area contributed by atoms with Crippen LogP contribution in [0.3, 0.4) is 0 Å². The molecule has 0 aliphatic rings. The molecule has 27 heavy (non-hydrogen) atoms. The lowest BCUT2D eigenvalue weighted by Gasteiger charge is -2.25. The van der Waals surface area contributed by atoms with E-state index in [4.69, 9.17) is 0 Å². The first kappa shape index (κ1) is 21.0. The van der Waals surface area contributed by atoms with Crippen LogP contribution in [0.25, 0.3) is 0 Å². The van der Waals surface area contributed by atoms with E-state index in [0.717, 1.165) is 32.8 Å². The number of aryl methyl sites for hydroxylation is 4. The second-order valence-corrected chi connectivity index (χ2v) is 9.05. The monoisotopic (exact) mass is 388 g/mol. The third kappa shape index (κ3) is 5.10. The van der Waals surface area contributed by atoms with Gasteiger partial charge in [0.05, 0.1) is 18.0 Å². The molecule has 1 N–H and O–H groups in total. The van der Waals surface area contributed by atoms with Crippen LogP contribution in [0.1, 0.15) is 40.8 Å². The quantitative estimate of drug-likeness (QED) is 0.823. The van der Waals surface area contributed by atoms with Gasteiger partial charge in [0.15, 0.2) is 0 Å². The number of hydrogen-bond donors (Lipinski definition) is 1. The Morgan fingerprint density at radius 1 is 1.00 bits per heavy atom. The van der Waals surface area contributed by atoms with E-state index in [1.165, 1.54) is 5.56 Å². The highest BCUT2D eigenvalue weighted by atomic mass is 32.2. The fourth-order valence-corrected chi connectivity index (χ4v) is 4.08. The molecule has 0 fully saturated rings. The maximum Gasteiger partial charge on any atom is 0.241 e. The molecule has 0 unspecified atom stereocenters. The summed E-state index contributed by atoms with van der Waals surface area (Å²) in [6, 6.07) is 11.1. The fraction of sp³-hybridized carbons (Fsp3) is 0.381. The van der Waals surface area contributed by atoms with Crippen LogP contribution in [-0.4, -0.2) is 27.1 Å². The number of nitrogens with zero attached hydrogens (tertiary/aromatic N) is 1. The molecule has 0 spiro atoms. The molecule has 6 heteroatoms. The summed E-state index contributed by atoms with van der Waals surface area (Å²) in [6.45, 7) is 9.59. The number of nitrogens with one attached hydrogen (secondary N) is 1. The maximum absolute atomic E-state index is 12.6. The van der Waals surface area contributed by atoms with Crippen LogP contribution in [0.4, 0.5) is 5.69 Å². The van der Waals surface area contributed by atoms with Gasteiger partial charge in [-0.25, -0.2) is 8.42 Å². The van der Waals surface area contributed by atoms with E-state index < -0.39 is 10.0 Å². The molecule has 2 rings (SSSR count). The summed E-state index contributed by atoms with van der Waals surface area (Å²) in [5, 5.41) is 2.93. The van der Waals surface area contributed by atoms with Gasteiger partial charge in [0.25, 0.3) is 0 Å². The summed E-state index contributed by atoms with van der Waals surface area (Å²) >= 11 is 0. The van der Waals surface area contributed by atoms with Crippen molar-refractivity contribution in [2.24, 2.45) is 0 Å². The first-order chi connectivity index (χ1) is 12.5. The van der Waals surface area contributed by atoms with Gasteiger partial charge in [-0.05, 0) is 68.5 Å². The third-order valence-electron chi connectivity index (χ3n) is 4.80. The van der Waals surface area contributed by atoms with Crippen LogP contribution in [0.5, 0.6) is 0 Å². The number of sulfonamides is 1. The largest absolute Gasteiger partial charge is 0.348 e. The summed E-state index contributed by atoms with van der Waals surface area (Å²) in [5.74, 6) is -0.339. The second-order valence-electron chi connectivity index (χ2n) is 7.14. The molecule has 2 aromatic rings. The van der Waals surface area contributed by atoms with Crippen LogP contribution < -0.4 is 9.62 Å². The molecule has 0 saturated heterocycles. The number of anilines is 1. The van der Waals surface area contributed by atoms with Crippen molar-refractivity contribution in [3.63, 3.8) is 0 Å². The molecule has 146 valence electrons. The molecular weight excluding hydrogens is 360 g/mol. The van der Waals surface area contributed by atoms with Crippen molar-refractivity contribution in [1.82, 2.24) is 5.32 Å². The van der Waals surface area contributed by atoms with Crippen LogP contribution >= 0.6 is 0 Å². The van der Waals surface area contributed by atoms with Gasteiger partial charge in [-0.2, -0.15) is 0 Å². The average molecular weight is 389 g/mol. The highest BCUT2D eigenvalue weighted by Gasteiger charge is 2.23. The van der Waals surface area contributed by atoms with Gasteiger partial charge >= 0.3 is 0 Å². The highest BCUT2D eigenvalue weighted by molar-refractivity contribution is 7.92. The summed E-state index contributed by atoms with van der Waals surface area (Å²) < 4.78 is 25.7. The number of carbonyl (C=O) groups is 1. The standard InChI is InChI=1S/C21H28N2O3S/c1-14-9-7-8-10-20(14)23(27(6,25)26)13-21(24)22-18(5)19-12-16(3)15(2)11-17(19)4/h7-12,18H,13H2,1-6H3,(H,22,24)/t18-/m1/s1. The van der Waals surface area contributed by atoms with Crippen molar-refractivity contribution in [1.29, 1.82) is 0 Å². The van der Waals surface area contributed by atoms with Crippen LogP contribution in [0, 0.1) is 27.7 Å². The highest BCUT2D eigenvalue weighted by Crippen LogP contribution is 2.23. The fourth-order valence-electron chi connectivity index (χ4n) is 3.17. The van der Waals surface area contributed by atoms with E-state index in [9.17, 15) is 13.2 Å². The number of hydrogen-bond acceptors (Lipinski definition) is 3. The molecule has 5 nitrogen and oxygen atoms in total. The second kappa shape index (κ2) is 8.13. The molecule has 2 aromatic carbocycles. The molecule has 0 heterocycles. The molecule has 0 aromatic heterocycles. The zero-order valence-electron chi connectivity index (χ0n) is 16.8. The SMILES string of the molecule is Cc1cc(C)c([C@@H](C)NC(=O)CN(c2ccccc2C)S(C)(=O)=O)cc1C. The Morgan fingerprint density at radius 2 is 1.59 bits per heavy atom. The van der Waals surface area contributed by atoms with E-state index in [1.807, 2.05) is 39.8 Å². The van der Waals surface area contributed by atoms with Crippen LogP contribution in [-0.2, 0) is 14.8 Å². The molecule has 1 atom stereocenters. The Morgan fingerprint density at radius 3 is 2.19 bits per heavy atom. The molecule has 0 aliphatic carbocycles. The number of rotatable bonds is 6. The molecule has 0 saturated carbocycles. The lowest BCUT2D eigenvalue weighted by atomic mass is 9.96. The Hall–Kier alpha value is -2.34. The van der Waals surface area contributed by atoms with E-state index in [0.29, 0.717) is 5.69 Å². The summed E-state index contributed by atoms with van der Waals surface area (Å²) in [6.07, 6.45) is 1.11. The lowest BCUT2D eigenvalue weighted by molar-refractivity contribution is -0.120. The van der Waals surface area contributed by atoms with Crippen molar-refractivity contribution in [3.05, 3.63) is 64.2 Å². The van der Waals surface area contributed by atoms with Crippen molar-refractivity contribution in [2.45, 2.75) is 40.7 Å². The van der Waals surface area contributed by atoms with Crippen LogP contribution in [0.15, 0.2) is 36.4 Å². The smallest absolute Gasteiger partial charge is 0.241 e. The third-order valence-corrected chi connectivity index (χ3v) is 5.92. The van der Waals surface area contributed by atoms with Crippen molar-refractivity contribution in [2.75, 3.05) is 17.1 Å². The number of amides is 1. The predicted octanol–water partition coefficient (Wildman–Crippen LogP) is 3.56. The average Bonchev–Trinajstić information content (AvgIpc) is 2.55. The minimum absolute atomic E-state index is 0.213. The van der Waals surface area contributed by atoms with Crippen molar-refractivity contribution >= 4 is 21.6 Å². The molecule has 0 aliphatic heterocycles. The van der Waals surface area contributed by atoms with Gasteiger partial charge in [-0.15, -0.1) is 0 Å². The molecular formula is C21H28N2O3S. The van der Waals surface area contributed by atoms with E-state index in [2.05, 4.69) is 24.4 Å². The first-order valence-electron chi connectivity index (χ1n) is 8.91. The zero-order valence-corrected chi connectivity index (χ0v) is 17.6. The molecule has 1 amide bonds. The first-order valence-corrected chi connectivity index (χ1v) is 10.8. The van der Waals surface area contributed by atoms with Crippen molar-refractivity contribution in [3.8, 4) is 0 Å². The normalized spacial score (nSPS) is 12.5. The van der Waals surface area contributed by atoms with E-state index in [1.54, 1.807) is 12.1 Å². The Kier molecular flexibility index (Phi) is 6.31. The Bertz CT molecular complexity index is 952. The zero-order chi connectivity index (χ0) is 20.4. The minimum atomic E-state index is -3.58. The lowest BCUT2D eigenvalue weighted by Crippen LogP contribution is -2.41. The van der Waals surface area contributed by atoms with Gasteiger partial charge < -0.3 is 5.32 Å². The van der Waals surface area contributed by atoms with E-state index >= 15 is 0 Å². The topological polar surface area (TPSA) is 66.5 Å². The summed E-state index contributed by atoms with van der Waals surface area (Å²) in [5.41, 5.74) is 5.82. The van der Waals surface area contributed by atoms with Gasteiger partial charge in [0.2, 0.25) is 15.9 Å². The molecule has 0 bridgehead atoms. The van der Waals surface area contributed by atoms with Crippen LogP contribution in [0.2, 0.25) is 0 Å². The van der Waals surface area contributed by atoms with E-state index in [-0.39, 0.29) is 18.5 Å². The Balaban J connectivity index is 2.22. The van der Waals surface area contributed by atoms with Gasteiger partial charge in [0, 0.05) is 0 Å². The number of para-hydroxylation sites is 1. The van der Waals surface area contributed by atoms with Crippen molar-refractivity contribution < 1.29 is 13.2 Å². The predicted molar refractivity (Wildman–Crippen MR) is 111 cm³/mol. The number of carbonyl (C=O) groups excluding carboxylic acids is 1. The Labute approximate surface area is 162 Å². The molecule has 0 radical (unpaired) electrons. The van der Waals surface area contributed by atoms with Gasteiger partial charge in [-0.1, -0.05) is 30.3 Å². The minimum Gasteiger partial charge on any atom is -0.348 e. The van der Waals surface area contributed by atoms with Gasteiger partial charge in [0.1, 0.15) is 6.54 Å². The summed E-state index contributed by atoms with van der Waals surface area (Å²) in [4.78, 5) is 12.6. The maximum atomic E-state index is 12.6. The number of benzene rings is 2. The summed E-state index contributed by atoms with van der Waals surface area (Å²) in [7, 11) is -3.58. The van der Waals surface area contributed by atoms with Gasteiger partial charge in [-0.3, -0.25) is 9.10 Å².